The lowest BCUT2D eigenvalue weighted by Gasteiger charge is -2.20. The molecule has 2 unspecified atom stereocenters. The summed E-state index contributed by atoms with van der Waals surface area (Å²) in [6.07, 6.45) is 4.63. The molecule has 0 saturated heterocycles. The van der Waals surface area contributed by atoms with Crippen LogP contribution in [0.4, 0.5) is 4.79 Å². The molecule has 0 bridgehead atoms. The van der Waals surface area contributed by atoms with E-state index in [4.69, 9.17) is 19.9 Å². The van der Waals surface area contributed by atoms with E-state index >= 15 is 0 Å². The van der Waals surface area contributed by atoms with E-state index in [0.717, 1.165) is 5.56 Å². The summed E-state index contributed by atoms with van der Waals surface area (Å²) in [5, 5.41) is 2.65. The van der Waals surface area contributed by atoms with Crippen LogP contribution in [0.3, 0.4) is 0 Å². The second-order valence-corrected chi connectivity index (χ2v) is 12.6. The third kappa shape index (κ3) is 15.7. The zero-order valence-electron chi connectivity index (χ0n) is 30.3. The van der Waals surface area contributed by atoms with Gasteiger partial charge in [-0.25, -0.2) is 14.4 Å². The van der Waals surface area contributed by atoms with Gasteiger partial charge in [-0.05, 0) is 75.6 Å². The number of carbonyl (C=O) groups excluding carboxylic acids is 3. The number of pyridine rings is 2. The number of nitrogens with zero attached hydrogens (tertiary/aromatic N) is 2. The van der Waals surface area contributed by atoms with Crippen LogP contribution in [-0.4, -0.2) is 53.5 Å². The summed E-state index contributed by atoms with van der Waals surface area (Å²) in [6, 6.07) is 15.1. The number of hydrogen-bond donors (Lipinski definition) is 2. The highest BCUT2D eigenvalue weighted by atomic mass is 16.5. The molecule has 12 heteroatoms. The molecule has 2 atom stereocenters. The van der Waals surface area contributed by atoms with Crippen molar-refractivity contribution in [3.63, 3.8) is 0 Å². The minimum absolute atomic E-state index is 0. The number of nitrogens with one attached hydrogen (secondary N) is 1. The van der Waals surface area contributed by atoms with Crippen molar-refractivity contribution in [1.82, 2.24) is 14.5 Å². The number of esters is 2. The molecule has 1 aromatic carbocycles. The minimum Gasteiger partial charge on any atom is -0.464 e. The molecule has 12 nitrogen and oxygen atoms in total. The molecule has 0 aliphatic rings. The molecule has 0 radical (unpaired) electrons. The summed E-state index contributed by atoms with van der Waals surface area (Å²) in [4.78, 5) is 61.6. The van der Waals surface area contributed by atoms with Crippen molar-refractivity contribution < 1.29 is 28.6 Å². The number of carbonyl (C=O) groups is 3. The van der Waals surface area contributed by atoms with Crippen LogP contribution >= 0.6 is 0 Å². The smallest absolute Gasteiger partial charge is 0.407 e. The van der Waals surface area contributed by atoms with Crippen molar-refractivity contribution in [2.75, 3.05) is 26.3 Å². The van der Waals surface area contributed by atoms with Gasteiger partial charge in [-0.2, -0.15) is 0 Å². The summed E-state index contributed by atoms with van der Waals surface area (Å²) in [5.41, 5.74) is 7.14. The van der Waals surface area contributed by atoms with Crippen LogP contribution in [0.5, 0.6) is 0 Å². The summed E-state index contributed by atoms with van der Waals surface area (Å²) < 4.78 is 18.3. The number of hydrogen-bond acceptors (Lipinski definition) is 9. The lowest BCUT2D eigenvalue weighted by molar-refractivity contribution is -0.148. The van der Waals surface area contributed by atoms with Gasteiger partial charge in [0.15, 0.2) is 0 Å². The molecular formula is C40H62N4O8. The third-order valence-corrected chi connectivity index (χ3v) is 7.57. The van der Waals surface area contributed by atoms with Gasteiger partial charge in [0.05, 0.1) is 13.2 Å². The number of amides is 1. The van der Waals surface area contributed by atoms with Crippen molar-refractivity contribution in [3.8, 4) is 0 Å². The lowest BCUT2D eigenvalue weighted by Crippen LogP contribution is -2.34. The summed E-state index contributed by atoms with van der Waals surface area (Å²) >= 11 is 0. The van der Waals surface area contributed by atoms with E-state index in [1.807, 2.05) is 58.0 Å². The first-order valence-electron chi connectivity index (χ1n) is 17.3. The summed E-state index contributed by atoms with van der Waals surface area (Å²) in [6.45, 7) is 12.9. The van der Waals surface area contributed by atoms with Crippen molar-refractivity contribution in [3.05, 3.63) is 104 Å². The molecule has 3 N–H and O–H groups in total. The lowest BCUT2D eigenvalue weighted by atomic mass is 10.0. The van der Waals surface area contributed by atoms with E-state index < -0.39 is 24.1 Å². The van der Waals surface area contributed by atoms with Gasteiger partial charge in [0, 0.05) is 30.1 Å². The van der Waals surface area contributed by atoms with Gasteiger partial charge >= 0.3 is 18.0 Å². The fraction of sp³-hybridized carbons (Fsp3) is 0.525. The average Bonchev–Trinajstić information content (AvgIpc) is 3.08. The van der Waals surface area contributed by atoms with Gasteiger partial charge in [0.1, 0.15) is 18.7 Å². The first-order valence-corrected chi connectivity index (χ1v) is 17.3. The second kappa shape index (κ2) is 25.3. The first kappa shape index (κ1) is 47.3. The molecule has 1 amide bonds. The Bertz CT molecular complexity index is 1600. The zero-order valence-corrected chi connectivity index (χ0v) is 30.3. The highest BCUT2D eigenvalue weighted by molar-refractivity contribution is 5.74. The Morgan fingerprint density at radius 2 is 1.15 bits per heavy atom. The normalized spacial score (nSPS) is 11.6. The molecule has 52 heavy (non-hydrogen) atoms. The van der Waals surface area contributed by atoms with Gasteiger partial charge in [-0.15, -0.1) is 0 Å². The van der Waals surface area contributed by atoms with Gasteiger partial charge in [0.2, 0.25) is 0 Å². The average molecular weight is 727 g/mol. The van der Waals surface area contributed by atoms with Crippen LogP contribution in [0.1, 0.15) is 98.0 Å². The molecule has 0 fully saturated rings. The van der Waals surface area contributed by atoms with E-state index in [1.165, 1.54) is 9.13 Å². The Labute approximate surface area is 309 Å². The zero-order chi connectivity index (χ0) is 37.1. The maximum absolute atomic E-state index is 12.9. The second-order valence-electron chi connectivity index (χ2n) is 12.6. The van der Waals surface area contributed by atoms with Crippen LogP contribution in [0.15, 0.2) is 76.6 Å². The van der Waals surface area contributed by atoms with Crippen molar-refractivity contribution in [1.29, 1.82) is 0 Å². The van der Waals surface area contributed by atoms with Crippen molar-refractivity contribution in [2.24, 2.45) is 17.6 Å². The van der Waals surface area contributed by atoms with Crippen LogP contribution in [0, 0.1) is 11.8 Å². The summed E-state index contributed by atoms with van der Waals surface area (Å²) in [5.74, 6) is -0.258. The third-order valence-electron chi connectivity index (χ3n) is 7.57. The molecular weight excluding hydrogens is 664 g/mol. The maximum Gasteiger partial charge on any atom is 0.407 e. The molecule has 3 rings (SSSR count). The number of benzene rings is 1. The van der Waals surface area contributed by atoms with E-state index in [0.29, 0.717) is 50.0 Å². The van der Waals surface area contributed by atoms with E-state index in [1.54, 1.807) is 50.5 Å². The predicted molar refractivity (Wildman–Crippen MR) is 206 cm³/mol. The fourth-order valence-corrected chi connectivity index (χ4v) is 5.23. The van der Waals surface area contributed by atoms with Gasteiger partial charge in [-0.1, -0.05) is 85.0 Å². The van der Waals surface area contributed by atoms with Crippen molar-refractivity contribution >= 4 is 18.0 Å². The molecule has 290 valence electrons. The predicted octanol–water partition coefficient (Wildman–Crippen LogP) is 6.24. The fourth-order valence-electron chi connectivity index (χ4n) is 5.23. The molecule has 0 saturated carbocycles. The van der Waals surface area contributed by atoms with Crippen LogP contribution in [-0.2, 0) is 43.2 Å². The Morgan fingerprint density at radius 1 is 0.692 bits per heavy atom. The molecule has 2 aromatic heterocycles. The largest absolute Gasteiger partial charge is 0.464 e. The monoisotopic (exact) mass is 726 g/mol. The number of alkyl carbamates (subject to hydrolysis) is 1. The SMILES string of the molecule is C.C.CCOC(=O)C(CC(C)C)n1cccc(CCN)c1=O.CCOC(=O)C(CC(C)C)n1cccc(CCNC(=O)OCc2ccccc2)c1=O. The molecule has 0 aliphatic carbocycles. The Hall–Kier alpha value is -4.71. The molecule has 0 aliphatic heterocycles. The van der Waals surface area contributed by atoms with Gasteiger partial charge < -0.3 is 34.4 Å². The van der Waals surface area contributed by atoms with E-state index in [9.17, 15) is 24.0 Å². The number of ether oxygens (including phenoxy) is 3. The molecule has 3 aromatic rings. The standard InChI is InChI=1S/C23H30N2O5.C15H24N2O3.2CH4/c1-4-29-22(27)20(15-17(2)3)25-14-8-11-19(21(25)26)12-13-24-23(28)30-16-18-9-6-5-7-10-18;1-4-20-15(19)13(10-11(2)3)17-9-5-6-12(7-8-16)14(17)18;;/h5-11,14,17,20H,4,12-13,15-16H2,1-3H3,(H,24,28);5-6,9,11,13H,4,7-8,10,16H2,1-3H3;2*1H4. The maximum atomic E-state index is 12.9. The van der Waals surface area contributed by atoms with Crippen molar-refractivity contribution in [2.45, 2.75) is 101 Å². The van der Waals surface area contributed by atoms with Crippen LogP contribution < -0.4 is 22.2 Å². The Kier molecular flexibility index (Phi) is 23.0. The first-order chi connectivity index (χ1) is 23.9. The van der Waals surface area contributed by atoms with E-state index in [-0.39, 0.29) is 63.5 Å². The quantitative estimate of drug-likeness (QED) is 0.121. The number of nitrogens with two attached hydrogens (primary N) is 1. The number of aromatic nitrogens is 2. The highest BCUT2D eigenvalue weighted by Gasteiger charge is 2.25. The molecule has 0 spiro atoms. The Balaban J connectivity index is 0.00000104. The highest BCUT2D eigenvalue weighted by Crippen LogP contribution is 2.19. The van der Waals surface area contributed by atoms with Gasteiger partial charge in [-0.3, -0.25) is 9.59 Å². The number of rotatable bonds is 17. The van der Waals surface area contributed by atoms with E-state index in [2.05, 4.69) is 5.32 Å². The molecule has 2 heterocycles. The van der Waals surface area contributed by atoms with Crippen LogP contribution in [0.2, 0.25) is 0 Å². The summed E-state index contributed by atoms with van der Waals surface area (Å²) in [7, 11) is 0. The Morgan fingerprint density at radius 3 is 1.58 bits per heavy atom. The topological polar surface area (TPSA) is 161 Å². The van der Waals surface area contributed by atoms with Crippen LogP contribution in [0.25, 0.3) is 0 Å². The minimum atomic E-state index is -0.666. The van der Waals surface area contributed by atoms with Gasteiger partial charge in [0.25, 0.3) is 11.1 Å².